The SMILES string of the molecule is CCCNC(CN1CCC(C)(C)CC1)(C(=O)OC)C1CC1. The maximum atomic E-state index is 12.5. The average molecular weight is 296 g/mol. The van der Waals surface area contributed by atoms with Gasteiger partial charge < -0.3 is 15.0 Å². The van der Waals surface area contributed by atoms with Crippen molar-refractivity contribution in [2.24, 2.45) is 11.3 Å². The summed E-state index contributed by atoms with van der Waals surface area (Å²) in [5, 5.41) is 3.55. The van der Waals surface area contributed by atoms with Crippen LogP contribution in [-0.2, 0) is 9.53 Å². The van der Waals surface area contributed by atoms with Crippen LogP contribution in [0.4, 0.5) is 0 Å². The van der Waals surface area contributed by atoms with Crippen molar-refractivity contribution in [3.8, 4) is 0 Å². The standard InChI is InChI=1S/C17H32N2O2/c1-5-10-18-17(14-6-7-14,15(20)21-4)13-19-11-8-16(2,3)9-12-19/h14,18H,5-13H2,1-4H3. The van der Waals surface area contributed by atoms with Gasteiger partial charge in [0.25, 0.3) is 0 Å². The lowest BCUT2D eigenvalue weighted by atomic mass is 9.81. The van der Waals surface area contributed by atoms with E-state index in [1.807, 2.05) is 0 Å². The van der Waals surface area contributed by atoms with Gasteiger partial charge in [-0.3, -0.25) is 0 Å². The monoisotopic (exact) mass is 296 g/mol. The van der Waals surface area contributed by atoms with E-state index >= 15 is 0 Å². The summed E-state index contributed by atoms with van der Waals surface area (Å²) in [5.41, 5.74) is -0.0346. The number of esters is 1. The summed E-state index contributed by atoms with van der Waals surface area (Å²) < 4.78 is 5.17. The molecule has 2 rings (SSSR count). The molecule has 0 aromatic heterocycles. The maximum absolute atomic E-state index is 12.5. The third-order valence-corrected chi connectivity index (χ3v) is 5.20. The molecule has 2 fully saturated rings. The molecule has 4 nitrogen and oxygen atoms in total. The smallest absolute Gasteiger partial charge is 0.327 e. The van der Waals surface area contributed by atoms with Gasteiger partial charge in [-0.05, 0) is 63.1 Å². The highest BCUT2D eigenvalue weighted by molar-refractivity contribution is 5.82. The van der Waals surface area contributed by atoms with Crippen LogP contribution in [0.5, 0.6) is 0 Å². The van der Waals surface area contributed by atoms with Gasteiger partial charge in [0, 0.05) is 6.54 Å². The van der Waals surface area contributed by atoms with Crippen LogP contribution in [0.3, 0.4) is 0 Å². The first-order valence-corrected chi connectivity index (χ1v) is 8.49. The number of ether oxygens (including phenoxy) is 1. The molecule has 0 aromatic carbocycles. The lowest BCUT2D eigenvalue weighted by molar-refractivity contribution is -0.151. The predicted molar refractivity (Wildman–Crippen MR) is 85.2 cm³/mol. The molecule has 4 heteroatoms. The largest absolute Gasteiger partial charge is 0.468 e. The molecule has 21 heavy (non-hydrogen) atoms. The van der Waals surface area contributed by atoms with Crippen molar-refractivity contribution in [3.63, 3.8) is 0 Å². The molecule has 0 amide bonds. The van der Waals surface area contributed by atoms with Gasteiger partial charge in [0.1, 0.15) is 5.54 Å². The first kappa shape index (κ1) is 16.8. The van der Waals surface area contributed by atoms with E-state index in [1.54, 1.807) is 0 Å². The quantitative estimate of drug-likeness (QED) is 0.733. The Morgan fingerprint density at radius 3 is 2.43 bits per heavy atom. The zero-order chi connectivity index (χ0) is 15.5. The molecule has 0 spiro atoms. The third kappa shape index (κ3) is 3.98. The van der Waals surface area contributed by atoms with Crippen molar-refractivity contribution >= 4 is 5.97 Å². The molecule has 1 N–H and O–H groups in total. The van der Waals surface area contributed by atoms with E-state index in [0.29, 0.717) is 11.3 Å². The van der Waals surface area contributed by atoms with Crippen LogP contribution < -0.4 is 5.32 Å². The van der Waals surface area contributed by atoms with Crippen LogP contribution in [0.15, 0.2) is 0 Å². The number of methoxy groups -OCH3 is 1. The zero-order valence-corrected chi connectivity index (χ0v) is 14.2. The van der Waals surface area contributed by atoms with Gasteiger partial charge >= 0.3 is 5.97 Å². The Labute approximate surface area is 129 Å². The van der Waals surface area contributed by atoms with E-state index < -0.39 is 5.54 Å². The number of hydrogen-bond donors (Lipinski definition) is 1. The van der Waals surface area contributed by atoms with Crippen molar-refractivity contribution < 1.29 is 9.53 Å². The number of carbonyl (C=O) groups excluding carboxylic acids is 1. The van der Waals surface area contributed by atoms with E-state index in [2.05, 4.69) is 31.0 Å². The highest BCUT2D eigenvalue weighted by Gasteiger charge is 2.52. The molecule has 0 aromatic rings. The Kier molecular flexibility index (Phi) is 5.31. The molecular formula is C17H32N2O2. The van der Waals surface area contributed by atoms with Gasteiger partial charge in [-0.25, -0.2) is 4.79 Å². The number of piperidine rings is 1. The molecule has 1 aliphatic heterocycles. The summed E-state index contributed by atoms with van der Waals surface area (Å²) in [4.78, 5) is 15.0. The average Bonchev–Trinajstić information content (AvgIpc) is 3.29. The predicted octanol–water partition coefficient (Wildman–Crippen LogP) is 2.43. The van der Waals surface area contributed by atoms with E-state index in [1.165, 1.54) is 20.0 Å². The summed E-state index contributed by atoms with van der Waals surface area (Å²) in [6, 6.07) is 0. The fourth-order valence-corrected chi connectivity index (χ4v) is 3.41. The van der Waals surface area contributed by atoms with Gasteiger partial charge in [-0.15, -0.1) is 0 Å². The zero-order valence-electron chi connectivity index (χ0n) is 14.2. The van der Waals surface area contributed by atoms with Crippen LogP contribution in [0, 0.1) is 11.3 Å². The highest BCUT2D eigenvalue weighted by atomic mass is 16.5. The van der Waals surface area contributed by atoms with Crippen LogP contribution in [0.1, 0.15) is 52.9 Å². The molecule has 1 aliphatic carbocycles. The molecule has 1 saturated carbocycles. The minimum absolute atomic E-state index is 0.0664. The molecule has 0 radical (unpaired) electrons. The molecule has 1 heterocycles. The lowest BCUT2D eigenvalue weighted by Gasteiger charge is -2.42. The topological polar surface area (TPSA) is 41.6 Å². The highest BCUT2D eigenvalue weighted by Crippen LogP contribution is 2.42. The van der Waals surface area contributed by atoms with Gasteiger partial charge in [0.2, 0.25) is 0 Å². The van der Waals surface area contributed by atoms with Gasteiger partial charge in [0.15, 0.2) is 0 Å². The van der Waals surface area contributed by atoms with E-state index in [0.717, 1.165) is 45.4 Å². The first-order valence-electron chi connectivity index (χ1n) is 8.49. The number of nitrogens with one attached hydrogen (secondary N) is 1. The Bertz CT molecular complexity index is 356. The van der Waals surface area contributed by atoms with Crippen LogP contribution in [0.25, 0.3) is 0 Å². The summed E-state index contributed by atoms with van der Waals surface area (Å²) in [7, 11) is 1.52. The summed E-state index contributed by atoms with van der Waals surface area (Å²) in [5.74, 6) is 0.384. The number of rotatable bonds is 7. The van der Waals surface area contributed by atoms with Crippen molar-refractivity contribution in [1.29, 1.82) is 0 Å². The summed E-state index contributed by atoms with van der Waals surface area (Å²) >= 11 is 0. The van der Waals surface area contributed by atoms with Crippen molar-refractivity contribution in [2.75, 3.05) is 33.3 Å². The van der Waals surface area contributed by atoms with Gasteiger partial charge in [0.05, 0.1) is 7.11 Å². The molecule has 0 bridgehead atoms. The van der Waals surface area contributed by atoms with E-state index in [9.17, 15) is 4.79 Å². The normalized spacial score (nSPS) is 25.3. The Morgan fingerprint density at radius 2 is 1.95 bits per heavy atom. The summed E-state index contributed by atoms with van der Waals surface area (Å²) in [6.07, 6.45) is 5.75. The number of nitrogens with zero attached hydrogens (tertiary/aromatic N) is 1. The fourth-order valence-electron chi connectivity index (χ4n) is 3.41. The maximum Gasteiger partial charge on any atom is 0.327 e. The van der Waals surface area contributed by atoms with Crippen molar-refractivity contribution in [3.05, 3.63) is 0 Å². The lowest BCUT2D eigenvalue weighted by Crippen LogP contribution is -2.62. The molecule has 2 aliphatic rings. The Morgan fingerprint density at radius 1 is 1.33 bits per heavy atom. The first-order chi connectivity index (χ1) is 9.93. The van der Waals surface area contributed by atoms with Crippen LogP contribution in [0.2, 0.25) is 0 Å². The second kappa shape index (κ2) is 6.66. The van der Waals surface area contributed by atoms with Gasteiger partial charge in [-0.2, -0.15) is 0 Å². The van der Waals surface area contributed by atoms with E-state index in [-0.39, 0.29) is 5.97 Å². The van der Waals surface area contributed by atoms with E-state index in [4.69, 9.17) is 4.74 Å². The Hall–Kier alpha value is -0.610. The van der Waals surface area contributed by atoms with Crippen molar-refractivity contribution in [2.45, 2.75) is 58.4 Å². The number of hydrogen-bond acceptors (Lipinski definition) is 4. The number of likely N-dealkylation sites (tertiary alicyclic amines) is 1. The van der Waals surface area contributed by atoms with Crippen molar-refractivity contribution in [1.82, 2.24) is 10.2 Å². The minimum atomic E-state index is -0.480. The molecular weight excluding hydrogens is 264 g/mol. The molecule has 122 valence electrons. The minimum Gasteiger partial charge on any atom is -0.468 e. The molecule has 1 atom stereocenters. The second-order valence-electron chi connectivity index (χ2n) is 7.60. The fraction of sp³-hybridized carbons (Fsp3) is 0.941. The second-order valence-corrected chi connectivity index (χ2v) is 7.60. The molecule has 1 unspecified atom stereocenters. The van der Waals surface area contributed by atoms with Crippen LogP contribution >= 0.6 is 0 Å². The van der Waals surface area contributed by atoms with Crippen LogP contribution in [-0.4, -0.2) is 49.7 Å². The number of carbonyl (C=O) groups is 1. The van der Waals surface area contributed by atoms with Gasteiger partial charge in [-0.1, -0.05) is 20.8 Å². The third-order valence-electron chi connectivity index (χ3n) is 5.20. The summed E-state index contributed by atoms with van der Waals surface area (Å²) in [6.45, 7) is 10.7. The Balaban J connectivity index is 2.06. The molecule has 1 saturated heterocycles.